The number of aryl methyl sites for hydroxylation is 1. The predicted molar refractivity (Wildman–Crippen MR) is 68.0 cm³/mol. The van der Waals surface area contributed by atoms with Gasteiger partial charge in [-0.05, 0) is 0 Å². The molecule has 0 bridgehead atoms. The minimum atomic E-state index is -0.493. The number of methoxy groups -OCH3 is 1. The van der Waals surface area contributed by atoms with E-state index in [0.29, 0.717) is 12.4 Å². The number of nitrogens with zero attached hydrogens (tertiary/aromatic N) is 4. The molecule has 0 aromatic carbocycles. The van der Waals surface area contributed by atoms with Crippen LogP contribution in [0.5, 0.6) is 5.88 Å². The molecule has 19 heavy (non-hydrogen) atoms. The Bertz CT molecular complexity index is 596. The molecule has 8 nitrogen and oxygen atoms in total. The topological polar surface area (TPSA) is 95.1 Å². The fourth-order valence-corrected chi connectivity index (χ4v) is 1.55. The first-order valence-electron chi connectivity index (χ1n) is 5.51. The summed E-state index contributed by atoms with van der Waals surface area (Å²) < 4.78 is 6.77. The van der Waals surface area contributed by atoms with E-state index in [0.717, 1.165) is 5.82 Å². The normalized spacial score (nSPS) is 10.2. The Morgan fingerprint density at radius 1 is 1.53 bits per heavy atom. The van der Waals surface area contributed by atoms with E-state index in [1.54, 1.807) is 12.4 Å². The van der Waals surface area contributed by atoms with E-state index in [1.165, 1.54) is 19.2 Å². The zero-order chi connectivity index (χ0) is 13.8. The second-order valence-electron chi connectivity index (χ2n) is 3.79. The number of anilines is 1. The molecule has 0 saturated carbocycles. The molecule has 0 aliphatic rings. The van der Waals surface area contributed by atoms with Crippen molar-refractivity contribution in [2.45, 2.75) is 6.54 Å². The number of nitro groups is 1. The quantitative estimate of drug-likeness (QED) is 0.646. The van der Waals surface area contributed by atoms with Gasteiger partial charge in [0.2, 0.25) is 11.7 Å². The fourth-order valence-electron chi connectivity index (χ4n) is 1.55. The monoisotopic (exact) mass is 263 g/mol. The molecule has 0 aliphatic carbocycles. The van der Waals surface area contributed by atoms with E-state index < -0.39 is 4.92 Å². The molecule has 2 aromatic rings. The van der Waals surface area contributed by atoms with Crippen molar-refractivity contribution in [1.29, 1.82) is 0 Å². The van der Waals surface area contributed by atoms with Crippen LogP contribution in [0.2, 0.25) is 0 Å². The maximum atomic E-state index is 10.9. The van der Waals surface area contributed by atoms with Crippen molar-refractivity contribution in [3.05, 3.63) is 40.5 Å². The van der Waals surface area contributed by atoms with Crippen LogP contribution in [-0.4, -0.2) is 26.6 Å². The van der Waals surface area contributed by atoms with Gasteiger partial charge in [0, 0.05) is 31.6 Å². The minimum Gasteiger partial charge on any atom is -0.481 e. The molecule has 0 atom stereocenters. The van der Waals surface area contributed by atoms with E-state index in [-0.39, 0.29) is 11.5 Å². The van der Waals surface area contributed by atoms with Gasteiger partial charge in [-0.2, -0.15) is 4.98 Å². The molecule has 100 valence electrons. The van der Waals surface area contributed by atoms with Crippen molar-refractivity contribution in [2.24, 2.45) is 7.05 Å². The van der Waals surface area contributed by atoms with E-state index in [4.69, 9.17) is 4.74 Å². The highest BCUT2D eigenvalue weighted by atomic mass is 16.6. The van der Waals surface area contributed by atoms with Gasteiger partial charge in [0.05, 0.1) is 18.6 Å². The summed E-state index contributed by atoms with van der Waals surface area (Å²) in [5.41, 5.74) is -0.102. The third kappa shape index (κ3) is 2.79. The van der Waals surface area contributed by atoms with Crippen LogP contribution in [0.1, 0.15) is 5.82 Å². The number of hydrogen-bond donors (Lipinski definition) is 1. The highest BCUT2D eigenvalue weighted by molar-refractivity contribution is 5.56. The second kappa shape index (κ2) is 5.34. The van der Waals surface area contributed by atoms with E-state index in [9.17, 15) is 10.1 Å². The van der Waals surface area contributed by atoms with Gasteiger partial charge in [0.15, 0.2) is 0 Å². The van der Waals surface area contributed by atoms with Crippen molar-refractivity contribution < 1.29 is 9.66 Å². The Labute approximate surface area is 109 Å². The highest BCUT2D eigenvalue weighted by Gasteiger charge is 2.16. The summed E-state index contributed by atoms with van der Waals surface area (Å²) in [6.45, 7) is 0.338. The fraction of sp³-hybridized carbons (Fsp3) is 0.273. The Morgan fingerprint density at radius 2 is 2.32 bits per heavy atom. The third-order valence-corrected chi connectivity index (χ3v) is 2.59. The Balaban J connectivity index is 2.22. The first-order chi connectivity index (χ1) is 9.11. The molecular formula is C11H13N5O3. The lowest BCUT2D eigenvalue weighted by Crippen LogP contribution is -2.09. The summed E-state index contributed by atoms with van der Waals surface area (Å²) in [6.07, 6.45) is 3.45. The average Bonchev–Trinajstić information content (AvgIpc) is 2.81. The molecule has 0 saturated heterocycles. The van der Waals surface area contributed by atoms with Gasteiger partial charge < -0.3 is 14.6 Å². The Kier molecular flexibility index (Phi) is 3.60. The van der Waals surface area contributed by atoms with Crippen LogP contribution in [0.15, 0.2) is 24.5 Å². The maximum Gasteiger partial charge on any atom is 0.311 e. The van der Waals surface area contributed by atoms with Crippen molar-refractivity contribution in [2.75, 3.05) is 12.4 Å². The molecule has 0 amide bonds. The van der Waals surface area contributed by atoms with Crippen molar-refractivity contribution in [3.63, 3.8) is 0 Å². The molecule has 0 spiro atoms. The molecular weight excluding hydrogens is 250 g/mol. The number of hydrogen-bond acceptors (Lipinski definition) is 6. The van der Waals surface area contributed by atoms with Crippen molar-refractivity contribution >= 4 is 11.5 Å². The standard InChI is InChI=1S/C11H13N5O3/c1-15-6-5-12-9(15)7-13-11-8(16(17)18)3-4-10(14-11)19-2/h3-6H,7H2,1-2H3,(H,13,14). The summed E-state index contributed by atoms with van der Waals surface area (Å²) in [6, 6.07) is 2.80. The van der Waals surface area contributed by atoms with Gasteiger partial charge in [-0.15, -0.1) is 0 Å². The molecule has 2 aromatic heterocycles. The van der Waals surface area contributed by atoms with Crippen molar-refractivity contribution in [3.8, 4) is 5.88 Å². The summed E-state index contributed by atoms with van der Waals surface area (Å²) in [5.74, 6) is 1.22. The third-order valence-electron chi connectivity index (χ3n) is 2.59. The van der Waals surface area contributed by atoms with Crippen molar-refractivity contribution in [1.82, 2.24) is 14.5 Å². The number of ether oxygens (including phenoxy) is 1. The van der Waals surface area contributed by atoms with Gasteiger partial charge in [0.1, 0.15) is 5.82 Å². The Hall–Kier alpha value is -2.64. The zero-order valence-electron chi connectivity index (χ0n) is 10.5. The molecule has 0 unspecified atom stereocenters. The van der Waals surface area contributed by atoms with Crippen LogP contribution >= 0.6 is 0 Å². The molecule has 0 aliphatic heterocycles. The van der Waals surface area contributed by atoms with Gasteiger partial charge in [-0.1, -0.05) is 0 Å². The lowest BCUT2D eigenvalue weighted by atomic mass is 10.3. The van der Waals surface area contributed by atoms with Crippen LogP contribution in [0.25, 0.3) is 0 Å². The molecule has 2 rings (SSSR count). The highest BCUT2D eigenvalue weighted by Crippen LogP contribution is 2.25. The lowest BCUT2D eigenvalue weighted by molar-refractivity contribution is -0.384. The van der Waals surface area contributed by atoms with Crippen LogP contribution < -0.4 is 10.1 Å². The maximum absolute atomic E-state index is 10.9. The van der Waals surface area contributed by atoms with E-state index >= 15 is 0 Å². The first-order valence-corrected chi connectivity index (χ1v) is 5.51. The van der Waals surface area contributed by atoms with Gasteiger partial charge in [-0.3, -0.25) is 10.1 Å². The average molecular weight is 263 g/mol. The smallest absolute Gasteiger partial charge is 0.311 e. The number of nitrogens with one attached hydrogen (secondary N) is 1. The van der Waals surface area contributed by atoms with Crippen LogP contribution in [0.3, 0.4) is 0 Å². The largest absolute Gasteiger partial charge is 0.481 e. The summed E-state index contributed by atoms with van der Waals surface area (Å²) in [7, 11) is 3.30. The second-order valence-corrected chi connectivity index (χ2v) is 3.79. The summed E-state index contributed by atoms with van der Waals surface area (Å²) in [4.78, 5) is 18.6. The number of imidazole rings is 1. The molecule has 0 radical (unpaired) electrons. The minimum absolute atomic E-state index is 0.102. The number of pyridine rings is 1. The predicted octanol–water partition coefficient (Wildman–Crippen LogP) is 1.34. The lowest BCUT2D eigenvalue weighted by Gasteiger charge is -2.07. The molecule has 1 N–H and O–H groups in total. The summed E-state index contributed by atoms with van der Waals surface area (Å²) in [5, 5.41) is 13.8. The van der Waals surface area contributed by atoms with E-state index in [1.807, 2.05) is 11.6 Å². The Morgan fingerprint density at radius 3 is 2.89 bits per heavy atom. The van der Waals surface area contributed by atoms with Gasteiger partial charge >= 0.3 is 5.69 Å². The molecule has 2 heterocycles. The molecule has 0 fully saturated rings. The zero-order valence-corrected chi connectivity index (χ0v) is 10.5. The number of aromatic nitrogens is 3. The number of rotatable bonds is 5. The van der Waals surface area contributed by atoms with Gasteiger partial charge in [0.25, 0.3) is 0 Å². The molecule has 8 heteroatoms. The van der Waals surface area contributed by atoms with Gasteiger partial charge in [-0.25, -0.2) is 4.98 Å². The summed E-state index contributed by atoms with van der Waals surface area (Å²) >= 11 is 0. The van der Waals surface area contributed by atoms with Crippen LogP contribution in [0, 0.1) is 10.1 Å². The van der Waals surface area contributed by atoms with Crippen LogP contribution in [-0.2, 0) is 13.6 Å². The van der Waals surface area contributed by atoms with E-state index in [2.05, 4.69) is 15.3 Å². The van der Waals surface area contributed by atoms with Crippen LogP contribution in [0.4, 0.5) is 11.5 Å². The first kappa shape index (κ1) is 12.8. The SMILES string of the molecule is COc1ccc([N+](=O)[O-])c(NCc2nccn2C)n1.